The number of aryl methyl sites for hydroxylation is 1. The number of rotatable bonds is 2. The Bertz CT molecular complexity index is 582. The van der Waals surface area contributed by atoms with Crippen LogP contribution in [0.2, 0.25) is 0 Å². The average Bonchev–Trinajstić information content (AvgIpc) is 2.69. The lowest BCUT2D eigenvalue weighted by Gasteiger charge is -2.22. The van der Waals surface area contributed by atoms with E-state index < -0.39 is 0 Å². The predicted molar refractivity (Wildman–Crippen MR) is 82.4 cm³/mol. The van der Waals surface area contributed by atoms with E-state index in [-0.39, 0.29) is 0 Å². The van der Waals surface area contributed by atoms with E-state index in [2.05, 4.69) is 50.5 Å². The molecule has 2 heterocycles. The van der Waals surface area contributed by atoms with E-state index in [1.165, 1.54) is 11.1 Å². The van der Waals surface area contributed by atoms with Crippen LogP contribution in [0.3, 0.4) is 0 Å². The Morgan fingerprint density at radius 3 is 2.30 bits per heavy atom. The van der Waals surface area contributed by atoms with Crippen LogP contribution in [0, 0.1) is 6.92 Å². The van der Waals surface area contributed by atoms with Crippen molar-refractivity contribution in [3.05, 3.63) is 47.2 Å². The van der Waals surface area contributed by atoms with Crippen LogP contribution in [0.4, 0.5) is 11.8 Å². The van der Waals surface area contributed by atoms with Gasteiger partial charge in [0.05, 0.1) is 0 Å². The van der Waals surface area contributed by atoms with Gasteiger partial charge in [0.2, 0.25) is 5.95 Å². The van der Waals surface area contributed by atoms with Crippen molar-refractivity contribution < 1.29 is 0 Å². The lowest BCUT2D eigenvalue weighted by Crippen LogP contribution is -2.27. The predicted octanol–water partition coefficient (Wildman–Crippen LogP) is 2.43. The van der Waals surface area contributed by atoms with Crippen LogP contribution in [0.25, 0.3) is 0 Å². The standard InChI is InChI=1S/C16H20N4/c1-12-11-15(19-16(17-2)18-12)20-9-7-13-5-3-4-6-14(13)8-10-20/h3-6,11H,7-10H2,1-2H3,(H,17,18,19). The highest BCUT2D eigenvalue weighted by molar-refractivity contribution is 5.46. The molecule has 0 radical (unpaired) electrons. The molecule has 3 rings (SSSR count). The third-order valence-electron chi connectivity index (χ3n) is 3.81. The zero-order chi connectivity index (χ0) is 13.9. The fourth-order valence-electron chi connectivity index (χ4n) is 2.72. The summed E-state index contributed by atoms with van der Waals surface area (Å²) in [5.74, 6) is 1.72. The summed E-state index contributed by atoms with van der Waals surface area (Å²) >= 11 is 0. The third kappa shape index (κ3) is 2.59. The zero-order valence-electron chi connectivity index (χ0n) is 12.1. The molecule has 4 nitrogen and oxygen atoms in total. The summed E-state index contributed by atoms with van der Waals surface area (Å²) in [5.41, 5.74) is 3.94. The first kappa shape index (κ1) is 12.9. The second-order valence-corrected chi connectivity index (χ2v) is 5.20. The molecule has 20 heavy (non-hydrogen) atoms. The van der Waals surface area contributed by atoms with E-state index in [9.17, 15) is 0 Å². The molecule has 1 N–H and O–H groups in total. The van der Waals surface area contributed by atoms with Crippen molar-refractivity contribution in [3.8, 4) is 0 Å². The smallest absolute Gasteiger partial charge is 0.224 e. The Morgan fingerprint density at radius 2 is 1.70 bits per heavy atom. The van der Waals surface area contributed by atoms with Gasteiger partial charge in [-0.05, 0) is 30.9 Å². The zero-order valence-corrected chi connectivity index (χ0v) is 12.1. The van der Waals surface area contributed by atoms with E-state index in [0.717, 1.165) is 37.4 Å². The Morgan fingerprint density at radius 1 is 1.05 bits per heavy atom. The summed E-state index contributed by atoms with van der Waals surface area (Å²) in [5, 5.41) is 3.03. The number of benzene rings is 1. The van der Waals surface area contributed by atoms with E-state index >= 15 is 0 Å². The van der Waals surface area contributed by atoms with E-state index in [1.54, 1.807) is 0 Å². The van der Waals surface area contributed by atoms with Gasteiger partial charge in [-0.1, -0.05) is 24.3 Å². The van der Waals surface area contributed by atoms with Crippen LogP contribution in [0.5, 0.6) is 0 Å². The molecule has 1 aliphatic rings. The lowest BCUT2D eigenvalue weighted by molar-refractivity contribution is 0.787. The molecule has 0 atom stereocenters. The minimum atomic E-state index is 0.696. The maximum absolute atomic E-state index is 4.58. The Hall–Kier alpha value is -2.10. The van der Waals surface area contributed by atoms with Crippen LogP contribution in [-0.2, 0) is 12.8 Å². The second kappa shape index (κ2) is 5.49. The first-order chi connectivity index (χ1) is 9.76. The largest absolute Gasteiger partial charge is 0.357 e. The minimum absolute atomic E-state index is 0.696. The summed E-state index contributed by atoms with van der Waals surface area (Å²) in [7, 11) is 1.86. The number of hydrogen-bond acceptors (Lipinski definition) is 4. The van der Waals surface area contributed by atoms with E-state index in [4.69, 9.17) is 0 Å². The van der Waals surface area contributed by atoms with Crippen molar-refractivity contribution >= 4 is 11.8 Å². The van der Waals surface area contributed by atoms with Gasteiger partial charge in [-0.3, -0.25) is 0 Å². The molecule has 0 fully saturated rings. The highest BCUT2D eigenvalue weighted by Crippen LogP contribution is 2.20. The number of hydrogen-bond donors (Lipinski definition) is 1. The van der Waals surface area contributed by atoms with Crippen molar-refractivity contribution in [1.29, 1.82) is 0 Å². The summed E-state index contributed by atoms with van der Waals surface area (Å²) in [6.45, 7) is 4.03. The van der Waals surface area contributed by atoms with Crippen LogP contribution in [0.15, 0.2) is 30.3 Å². The first-order valence-electron chi connectivity index (χ1n) is 7.11. The molecule has 0 amide bonds. The van der Waals surface area contributed by atoms with Crippen molar-refractivity contribution in [2.24, 2.45) is 0 Å². The maximum atomic E-state index is 4.58. The number of fused-ring (bicyclic) bond motifs is 1. The van der Waals surface area contributed by atoms with Gasteiger partial charge in [-0.25, -0.2) is 4.98 Å². The van der Waals surface area contributed by atoms with Gasteiger partial charge in [0.25, 0.3) is 0 Å². The number of anilines is 2. The molecule has 0 unspecified atom stereocenters. The number of nitrogens with one attached hydrogen (secondary N) is 1. The highest BCUT2D eigenvalue weighted by Gasteiger charge is 2.15. The number of nitrogens with zero attached hydrogens (tertiary/aromatic N) is 3. The van der Waals surface area contributed by atoms with Gasteiger partial charge in [-0.15, -0.1) is 0 Å². The van der Waals surface area contributed by atoms with Gasteiger partial charge < -0.3 is 10.2 Å². The molecule has 0 saturated heterocycles. The monoisotopic (exact) mass is 268 g/mol. The molecular formula is C16H20N4. The van der Waals surface area contributed by atoms with Gasteiger partial charge in [0, 0.05) is 31.9 Å². The van der Waals surface area contributed by atoms with Gasteiger partial charge >= 0.3 is 0 Å². The summed E-state index contributed by atoms with van der Waals surface area (Å²) in [4.78, 5) is 11.3. The Kier molecular flexibility index (Phi) is 3.54. The normalized spacial score (nSPS) is 14.6. The fourth-order valence-corrected chi connectivity index (χ4v) is 2.72. The van der Waals surface area contributed by atoms with Crippen LogP contribution >= 0.6 is 0 Å². The molecule has 4 heteroatoms. The molecule has 104 valence electrons. The molecule has 1 aliphatic heterocycles. The minimum Gasteiger partial charge on any atom is -0.357 e. The summed E-state index contributed by atoms with van der Waals surface area (Å²) in [6, 6.07) is 10.8. The average molecular weight is 268 g/mol. The molecular weight excluding hydrogens is 248 g/mol. The Balaban J connectivity index is 1.85. The molecule has 1 aromatic carbocycles. The van der Waals surface area contributed by atoms with Crippen LogP contribution in [0.1, 0.15) is 16.8 Å². The Labute approximate surface area is 119 Å². The first-order valence-corrected chi connectivity index (χ1v) is 7.11. The molecule has 2 aromatic rings. The number of aromatic nitrogens is 2. The van der Waals surface area contributed by atoms with Crippen molar-refractivity contribution in [1.82, 2.24) is 9.97 Å². The van der Waals surface area contributed by atoms with Crippen molar-refractivity contribution in [2.45, 2.75) is 19.8 Å². The lowest BCUT2D eigenvalue weighted by atomic mass is 10.0. The second-order valence-electron chi connectivity index (χ2n) is 5.20. The molecule has 1 aromatic heterocycles. The molecule has 0 spiro atoms. The van der Waals surface area contributed by atoms with Crippen molar-refractivity contribution in [2.75, 3.05) is 30.4 Å². The quantitative estimate of drug-likeness (QED) is 0.908. The maximum Gasteiger partial charge on any atom is 0.224 e. The van der Waals surface area contributed by atoms with Crippen molar-refractivity contribution in [3.63, 3.8) is 0 Å². The van der Waals surface area contributed by atoms with Gasteiger partial charge in [0.1, 0.15) is 5.82 Å². The van der Waals surface area contributed by atoms with E-state index in [1.807, 2.05) is 14.0 Å². The summed E-state index contributed by atoms with van der Waals surface area (Å²) < 4.78 is 0. The highest BCUT2D eigenvalue weighted by atomic mass is 15.2. The third-order valence-corrected chi connectivity index (χ3v) is 3.81. The fraction of sp³-hybridized carbons (Fsp3) is 0.375. The van der Waals surface area contributed by atoms with Gasteiger partial charge in [0.15, 0.2) is 0 Å². The topological polar surface area (TPSA) is 41.1 Å². The summed E-state index contributed by atoms with van der Waals surface area (Å²) in [6.07, 6.45) is 2.15. The molecule has 0 saturated carbocycles. The SMILES string of the molecule is CNc1nc(C)cc(N2CCc3ccccc3CC2)n1. The molecule has 0 bridgehead atoms. The van der Waals surface area contributed by atoms with Crippen LogP contribution in [-0.4, -0.2) is 30.1 Å². The van der Waals surface area contributed by atoms with Gasteiger partial charge in [-0.2, -0.15) is 4.98 Å². The molecule has 0 aliphatic carbocycles. The van der Waals surface area contributed by atoms with E-state index in [0.29, 0.717) is 5.95 Å². The van der Waals surface area contributed by atoms with Crippen LogP contribution < -0.4 is 10.2 Å².